The minimum absolute atomic E-state index is 0.172. The van der Waals surface area contributed by atoms with E-state index in [1.165, 1.54) is 5.56 Å². The fourth-order valence-corrected chi connectivity index (χ4v) is 1.80. The highest BCUT2D eigenvalue weighted by molar-refractivity contribution is 5.88. The van der Waals surface area contributed by atoms with Gasteiger partial charge in [-0.15, -0.1) is 5.10 Å². The van der Waals surface area contributed by atoms with E-state index in [-0.39, 0.29) is 12.3 Å². The predicted molar refractivity (Wildman–Crippen MR) is 75.8 cm³/mol. The first-order valence-corrected chi connectivity index (χ1v) is 6.43. The lowest BCUT2D eigenvalue weighted by Crippen LogP contribution is -2.16. The molecule has 0 bridgehead atoms. The molecule has 0 spiro atoms. The van der Waals surface area contributed by atoms with Gasteiger partial charge in [0.1, 0.15) is 11.6 Å². The molecule has 1 heterocycles. The largest absolute Gasteiger partial charge is 0.493 e. The number of hydrogen-bond acceptors (Lipinski definition) is 4. The number of amides is 1. The SMILES string of the molecule is Cc1ccc(OCCC(=O)Nc2n[nH]c(C)n2)c(C)c1. The zero-order valence-electron chi connectivity index (χ0n) is 11.9. The third-order valence-corrected chi connectivity index (χ3v) is 2.77. The van der Waals surface area contributed by atoms with E-state index in [0.717, 1.165) is 11.3 Å². The Morgan fingerprint density at radius 1 is 1.35 bits per heavy atom. The molecule has 2 rings (SSSR count). The van der Waals surface area contributed by atoms with Gasteiger partial charge in [-0.1, -0.05) is 17.7 Å². The van der Waals surface area contributed by atoms with Crippen molar-refractivity contribution >= 4 is 11.9 Å². The van der Waals surface area contributed by atoms with Crippen molar-refractivity contribution in [2.24, 2.45) is 0 Å². The van der Waals surface area contributed by atoms with Gasteiger partial charge in [0.05, 0.1) is 13.0 Å². The van der Waals surface area contributed by atoms with E-state index in [4.69, 9.17) is 4.74 Å². The van der Waals surface area contributed by atoms with E-state index in [9.17, 15) is 4.79 Å². The maximum Gasteiger partial charge on any atom is 0.248 e. The summed E-state index contributed by atoms with van der Waals surface area (Å²) in [6.45, 7) is 6.10. The van der Waals surface area contributed by atoms with Gasteiger partial charge in [-0.25, -0.2) is 0 Å². The molecule has 20 heavy (non-hydrogen) atoms. The third kappa shape index (κ3) is 3.81. The summed E-state index contributed by atoms with van der Waals surface area (Å²) in [5, 5.41) is 9.10. The highest BCUT2D eigenvalue weighted by Crippen LogP contribution is 2.18. The predicted octanol–water partition coefficient (Wildman–Crippen LogP) is 2.14. The Morgan fingerprint density at radius 3 is 2.80 bits per heavy atom. The average Bonchev–Trinajstić information content (AvgIpc) is 2.77. The number of H-pyrrole nitrogens is 1. The summed E-state index contributed by atoms with van der Waals surface area (Å²) >= 11 is 0. The number of hydrogen-bond donors (Lipinski definition) is 2. The van der Waals surface area contributed by atoms with Crippen LogP contribution in [0.15, 0.2) is 18.2 Å². The van der Waals surface area contributed by atoms with Crippen molar-refractivity contribution in [1.29, 1.82) is 0 Å². The zero-order chi connectivity index (χ0) is 14.5. The van der Waals surface area contributed by atoms with Crippen molar-refractivity contribution in [3.63, 3.8) is 0 Å². The lowest BCUT2D eigenvalue weighted by atomic mass is 10.1. The smallest absolute Gasteiger partial charge is 0.248 e. The van der Waals surface area contributed by atoms with Gasteiger partial charge in [0.25, 0.3) is 0 Å². The monoisotopic (exact) mass is 274 g/mol. The number of aromatic nitrogens is 3. The first-order valence-electron chi connectivity index (χ1n) is 6.43. The second-order valence-corrected chi connectivity index (χ2v) is 4.66. The highest BCUT2D eigenvalue weighted by Gasteiger charge is 2.07. The maximum atomic E-state index is 11.7. The average molecular weight is 274 g/mol. The lowest BCUT2D eigenvalue weighted by Gasteiger charge is -2.09. The summed E-state index contributed by atoms with van der Waals surface area (Å²) in [6, 6.07) is 5.95. The van der Waals surface area contributed by atoms with Gasteiger partial charge in [-0.3, -0.25) is 15.2 Å². The molecule has 0 radical (unpaired) electrons. The Morgan fingerprint density at radius 2 is 2.15 bits per heavy atom. The van der Waals surface area contributed by atoms with Crippen LogP contribution >= 0.6 is 0 Å². The zero-order valence-corrected chi connectivity index (χ0v) is 11.9. The molecular weight excluding hydrogens is 256 g/mol. The number of benzene rings is 1. The van der Waals surface area contributed by atoms with E-state index in [1.54, 1.807) is 6.92 Å². The van der Waals surface area contributed by atoms with Gasteiger partial charge in [0.2, 0.25) is 11.9 Å². The molecule has 0 saturated carbocycles. The van der Waals surface area contributed by atoms with E-state index >= 15 is 0 Å². The lowest BCUT2D eigenvalue weighted by molar-refractivity contribution is -0.116. The number of ether oxygens (including phenoxy) is 1. The van der Waals surface area contributed by atoms with Crippen molar-refractivity contribution < 1.29 is 9.53 Å². The number of carbonyl (C=O) groups excluding carboxylic acids is 1. The van der Waals surface area contributed by atoms with Crippen LogP contribution in [0.4, 0.5) is 5.95 Å². The first kappa shape index (κ1) is 14.0. The molecular formula is C14H18N4O2. The van der Waals surface area contributed by atoms with Crippen LogP contribution in [0.3, 0.4) is 0 Å². The number of anilines is 1. The minimum atomic E-state index is -0.172. The summed E-state index contributed by atoms with van der Waals surface area (Å²) in [5.74, 6) is 1.58. The molecule has 0 atom stereocenters. The second-order valence-electron chi connectivity index (χ2n) is 4.66. The van der Waals surface area contributed by atoms with Crippen LogP contribution in [0.2, 0.25) is 0 Å². The maximum absolute atomic E-state index is 11.7. The topological polar surface area (TPSA) is 79.9 Å². The Labute approximate surface area is 117 Å². The first-order chi connectivity index (χ1) is 9.54. The van der Waals surface area contributed by atoms with Crippen molar-refractivity contribution in [3.8, 4) is 5.75 Å². The van der Waals surface area contributed by atoms with Gasteiger partial charge >= 0.3 is 0 Å². The molecule has 106 valence electrons. The number of carbonyl (C=O) groups is 1. The molecule has 2 aromatic rings. The summed E-state index contributed by atoms with van der Waals surface area (Å²) in [6.07, 6.45) is 0.251. The van der Waals surface area contributed by atoms with E-state index in [2.05, 4.69) is 20.5 Å². The van der Waals surface area contributed by atoms with E-state index < -0.39 is 0 Å². The van der Waals surface area contributed by atoms with Gasteiger partial charge in [-0.05, 0) is 32.4 Å². The normalized spacial score (nSPS) is 10.3. The van der Waals surface area contributed by atoms with E-state index in [0.29, 0.717) is 18.4 Å². The summed E-state index contributed by atoms with van der Waals surface area (Å²) in [4.78, 5) is 15.7. The number of rotatable bonds is 5. The van der Waals surface area contributed by atoms with Crippen LogP contribution in [0.5, 0.6) is 5.75 Å². The van der Waals surface area contributed by atoms with Gasteiger partial charge < -0.3 is 4.74 Å². The standard InChI is InChI=1S/C14H18N4O2/c1-9-4-5-12(10(2)8-9)20-7-6-13(19)16-14-15-11(3)17-18-14/h4-5,8H,6-7H2,1-3H3,(H2,15,16,17,18,19). The van der Waals surface area contributed by atoms with Crippen molar-refractivity contribution in [2.45, 2.75) is 27.2 Å². The molecule has 0 aliphatic heterocycles. The van der Waals surface area contributed by atoms with Gasteiger partial charge in [0, 0.05) is 0 Å². The van der Waals surface area contributed by atoms with Crippen LogP contribution in [-0.2, 0) is 4.79 Å². The van der Waals surface area contributed by atoms with Crippen LogP contribution in [-0.4, -0.2) is 27.7 Å². The molecule has 0 unspecified atom stereocenters. The Bertz CT molecular complexity index is 607. The summed E-state index contributed by atoms with van der Waals surface area (Å²) < 4.78 is 5.60. The molecule has 2 N–H and O–H groups in total. The van der Waals surface area contributed by atoms with Crippen molar-refractivity contribution in [3.05, 3.63) is 35.2 Å². The molecule has 0 aliphatic rings. The van der Waals surface area contributed by atoms with Crippen molar-refractivity contribution in [2.75, 3.05) is 11.9 Å². The van der Waals surface area contributed by atoms with Crippen LogP contribution < -0.4 is 10.1 Å². The third-order valence-electron chi connectivity index (χ3n) is 2.77. The molecule has 6 heteroatoms. The number of aromatic amines is 1. The van der Waals surface area contributed by atoms with Crippen molar-refractivity contribution in [1.82, 2.24) is 15.2 Å². The number of nitrogens with zero attached hydrogens (tertiary/aromatic N) is 2. The fourth-order valence-electron chi connectivity index (χ4n) is 1.80. The molecule has 6 nitrogen and oxygen atoms in total. The van der Waals surface area contributed by atoms with Crippen LogP contribution in [0.25, 0.3) is 0 Å². The van der Waals surface area contributed by atoms with Gasteiger partial charge in [0.15, 0.2) is 0 Å². The molecule has 0 fully saturated rings. The Kier molecular flexibility index (Phi) is 4.34. The quantitative estimate of drug-likeness (QED) is 0.875. The summed E-state index contributed by atoms with van der Waals surface area (Å²) in [5.41, 5.74) is 2.25. The molecule has 1 amide bonds. The van der Waals surface area contributed by atoms with Crippen LogP contribution in [0.1, 0.15) is 23.4 Å². The fraction of sp³-hybridized carbons (Fsp3) is 0.357. The molecule has 0 saturated heterocycles. The number of nitrogens with one attached hydrogen (secondary N) is 2. The van der Waals surface area contributed by atoms with Gasteiger partial charge in [-0.2, -0.15) is 4.98 Å². The number of aryl methyl sites for hydroxylation is 3. The highest BCUT2D eigenvalue weighted by atomic mass is 16.5. The van der Waals surface area contributed by atoms with E-state index in [1.807, 2.05) is 32.0 Å². The Balaban J connectivity index is 1.79. The minimum Gasteiger partial charge on any atom is -0.493 e. The van der Waals surface area contributed by atoms with Crippen LogP contribution in [0, 0.1) is 20.8 Å². The molecule has 1 aromatic heterocycles. The molecule has 1 aromatic carbocycles. The Hall–Kier alpha value is -2.37. The summed E-state index contributed by atoms with van der Waals surface area (Å²) in [7, 11) is 0. The second kappa shape index (κ2) is 6.18. The molecule has 0 aliphatic carbocycles.